The van der Waals surface area contributed by atoms with Gasteiger partial charge in [-0.1, -0.05) is 12.1 Å². The molecule has 26 heavy (non-hydrogen) atoms. The Morgan fingerprint density at radius 1 is 0.962 bits per heavy atom. The Kier molecular flexibility index (Phi) is 5.94. The second-order valence-corrected chi connectivity index (χ2v) is 6.51. The maximum atomic E-state index is 12.6. The average Bonchev–Trinajstić information content (AvgIpc) is 3.03. The summed E-state index contributed by atoms with van der Waals surface area (Å²) < 4.78 is 5.14. The molecule has 3 rings (SSSR count). The van der Waals surface area contributed by atoms with Crippen molar-refractivity contribution < 1.29 is 14.3 Å². The minimum Gasteiger partial charge on any atom is -0.497 e. The van der Waals surface area contributed by atoms with Gasteiger partial charge in [-0.3, -0.25) is 9.59 Å². The summed E-state index contributed by atoms with van der Waals surface area (Å²) in [5, 5.41) is 0. The first-order chi connectivity index (χ1) is 12.7. The highest BCUT2D eigenvalue weighted by Crippen LogP contribution is 2.13. The Hall–Kier alpha value is -2.76. The van der Waals surface area contributed by atoms with Crippen LogP contribution in [0.25, 0.3) is 0 Å². The summed E-state index contributed by atoms with van der Waals surface area (Å²) >= 11 is 0. The number of aromatic amines is 1. The van der Waals surface area contributed by atoms with E-state index in [0.29, 0.717) is 39.0 Å². The number of carbonyl (C=O) groups excluding carboxylic acids is 2. The molecular formula is C20H25N3O3. The summed E-state index contributed by atoms with van der Waals surface area (Å²) in [6, 6.07) is 11.4. The molecule has 6 heteroatoms. The number of nitrogens with zero attached hydrogens (tertiary/aromatic N) is 2. The molecule has 0 atom stereocenters. The second kappa shape index (κ2) is 8.56. The number of ether oxygens (including phenoxy) is 1. The van der Waals surface area contributed by atoms with Crippen molar-refractivity contribution in [2.45, 2.75) is 19.3 Å². The third kappa shape index (κ3) is 4.65. The smallest absolute Gasteiger partial charge is 0.228 e. The van der Waals surface area contributed by atoms with Crippen LogP contribution in [0.5, 0.6) is 5.75 Å². The van der Waals surface area contributed by atoms with Gasteiger partial charge in [0, 0.05) is 38.1 Å². The van der Waals surface area contributed by atoms with Crippen LogP contribution in [-0.2, 0) is 22.4 Å². The number of benzene rings is 1. The fourth-order valence-electron chi connectivity index (χ4n) is 3.20. The van der Waals surface area contributed by atoms with Gasteiger partial charge >= 0.3 is 0 Å². The largest absolute Gasteiger partial charge is 0.497 e. The van der Waals surface area contributed by atoms with Crippen molar-refractivity contribution in [3.63, 3.8) is 0 Å². The molecule has 0 saturated carbocycles. The Morgan fingerprint density at radius 2 is 1.62 bits per heavy atom. The molecule has 1 N–H and O–H groups in total. The zero-order valence-electron chi connectivity index (χ0n) is 15.1. The van der Waals surface area contributed by atoms with Crippen molar-refractivity contribution >= 4 is 11.8 Å². The fourth-order valence-corrected chi connectivity index (χ4v) is 3.20. The van der Waals surface area contributed by atoms with Gasteiger partial charge in [0.05, 0.1) is 20.0 Å². The van der Waals surface area contributed by atoms with Crippen LogP contribution in [0.4, 0.5) is 0 Å². The summed E-state index contributed by atoms with van der Waals surface area (Å²) in [4.78, 5) is 31.8. The Labute approximate surface area is 153 Å². The standard InChI is InChI=1S/C20H25N3O3/c1-26-18-7-5-16(6-8-18)14-19(24)22-10-3-11-23(13-12-22)20(25)15-17-4-2-9-21-17/h2,4-9,21H,3,10-15H2,1H3. The number of amides is 2. The second-order valence-electron chi connectivity index (χ2n) is 6.51. The number of aromatic nitrogens is 1. The van der Waals surface area contributed by atoms with Gasteiger partial charge in [-0.05, 0) is 36.2 Å². The third-order valence-corrected chi connectivity index (χ3v) is 4.72. The molecule has 2 amide bonds. The first-order valence-electron chi connectivity index (χ1n) is 8.96. The van der Waals surface area contributed by atoms with Gasteiger partial charge in [-0.15, -0.1) is 0 Å². The molecule has 1 aliphatic rings. The highest BCUT2D eigenvalue weighted by molar-refractivity contribution is 5.80. The van der Waals surface area contributed by atoms with Crippen LogP contribution in [0.15, 0.2) is 42.6 Å². The molecule has 0 spiro atoms. The first-order valence-corrected chi connectivity index (χ1v) is 8.96. The van der Waals surface area contributed by atoms with Gasteiger partial charge in [0.25, 0.3) is 0 Å². The first kappa shape index (κ1) is 18.0. The third-order valence-electron chi connectivity index (χ3n) is 4.72. The lowest BCUT2D eigenvalue weighted by Crippen LogP contribution is -2.38. The van der Waals surface area contributed by atoms with Crippen LogP contribution in [0.3, 0.4) is 0 Å². The van der Waals surface area contributed by atoms with Crippen LogP contribution < -0.4 is 4.74 Å². The molecule has 6 nitrogen and oxygen atoms in total. The lowest BCUT2D eigenvalue weighted by molar-refractivity contribution is -0.132. The summed E-state index contributed by atoms with van der Waals surface area (Å²) in [5.74, 6) is 0.998. The van der Waals surface area contributed by atoms with Crippen LogP contribution in [0.1, 0.15) is 17.7 Å². The van der Waals surface area contributed by atoms with Crippen molar-refractivity contribution in [2.75, 3.05) is 33.3 Å². The number of methoxy groups -OCH3 is 1. The zero-order chi connectivity index (χ0) is 18.4. The molecule has 1 aromatic heterocycles. The van der Waals surface area contributed by atoms with E-state index < -0.39 is 0 Å². The average molecular weight is 355 g/mol. The lowest BCUT2D eigenvalue weighted by atomic mass is 10.1. The predicted octanol–water partition coefficient (Wildman–Crippen LogP) is 1.87. The van der Waals surface area contributed by atoms with Crippen LogP contribution >= 0.6 is 0 Å². The van der Waals surface area contributed by atoms with E-state index >= 15 is 0 Å². The minimum absolute atomic E-state index is 0.105. The maximum Gasteiger partial charge on any atom is 0.228 e. The molecule has 0 aliphatic carbocycles. The van der Waals surface area contributed by atoms with E-state index in [2.05, 4.69) is 4.98 Å². The normalized spacial score (nSPS) is 14.8. The van der Waals surface area contributed by atoms with Crippen LogP contribution in [-0.4, -0.2) is 59.9 Å². The summed E-state index contributed by atoms with van der Waals surface area (Å²) in [6.07, 6.45) is 3.39. The number of H-pyrrole nitrogens is 1. The van der Waals surface area contributed by atoms with Gasteiger partial charge in [-0.2, -0.15) is 0 Å². The Bertz CT molecular complexity index is 725. The van der Waals surface area contributed by atoms with Gasteiger partial charge in [0.15, 0.2) is 0 Å². The van der Waals surface area contributed by atoms with Crippen molar-refractivity contribution in [1.82, 2.24) is 14.8 Å². The number of carbonyl (C=O) groups is 2. The van der Waals surface area contributed by atoms with Gasteiger partial charge < -0.3 is 19.5 Å². The predicted molar refractivity (Wildman–Crippen MR) is 99.0 cm³/mol. The number of rotatable bonds is 5. The van der Waals surface area contributed by atoms with E-state index in [0.717, 1.165) is 23.4 Å². The lowest BCUT2D eigenvalue weighted by Gasteiger charge is -2.22. The van der Waals surface area contributed by atoms with Crippen molar-refractivity contribution in [3.05, 3.63) is 53.9 Å². The van der Waals surface area contributed by atoms with E-state index in [1.54, 1.807) is 7.11 Å². The molecule has 2 aromatic rings. The molecule has 2 heterocycles. The van der Waals surface area contributed by atoms with E-state index in [1.807, 2.05) is 52.4 Å². The number of nitrogens with one attached hydrogen (secondary N) is 1. The topological polar surface area (TPSA) is 65.6 Å². The Balaban J connectivity index is 1.52. The molecular weight excluding hydrogens is 330 g/mol. The molecule has 1 aliphatic heterocycles. The molecule has 1 saturated heterocycles. The van der Waals surface area contributed by atoms with E-state index in [1.165, 1.54) is 0 Å². The molecule has 1 fully saturated rings. The molecule has 0 bridgehead atoms. The van der Waals surface area contributed by atoms with Gasteiger partial charge in [-0.25, -0.2) is 0 Å². The summed E-state index contributed by atoms with van der Waals surface area (Å²) in [6.45, 7) is 2.58. The highest BCUT2D eigenvalue weighted by atomic mass is 16.5. The molecule has 0 unspecified atom stereocenters. The van der Waals surface area contributed by atoms with E-state index in [4.69, 9.17) is 4.74 Å². The summed E-state index contributed by atoms with van der Waals surface area (Å²) in [5.41, 5.74) is 1.89. The number of hydrogen-bond donors (Lipinski definition) is 1. The van der Waals surface area contributed by atoms with Crippen LogP contribution in [0, 0.1) is 0 Å². The molecule has 1 aromatic carbocycles. The summed E-state index contributed by atoms with van der Waals surface area (Å²) in [7, 11) is 1.63. The zero-order valence-corrected chi connectivity index (χ0v) is 15.1. The number of hydrogen-bond acceptors (Lipinski definition) is 3. The monoisotopic (exact) mass is 355 g/mol. The SMILES string of the molecule is COc1ccc(CC(=O)N2CCCN(C(=O)Cc3ccc[nH]3)CC2)cc1. The quantitative estimate of drug-likeness (QED) is 0.890. The van der Waals surface area contributed by atoms with Crippen molar-refractivity contribution in [1.29, 1.82) is 0 Å². The molecule has 138 valence electrons. The fraction of sp³-hybridized carbons (Fsp3) is 0.400. The van der Waals surface area contributed by atoms with Crippen molar-refractivity contribution in [2.24, 2.45) is 0 Å². The van der Waals surface area contributed by atoms with E-state index in [-0.39, 0.29) is 11.8 Å². The Morgan fingerprint density at radius 3 is 2.19 bits per heavy atom. The highest BCUT2D eigenvalue weighted by Gasteiger charge is 2.22. The minimum atomic E-state index is 0.105. The van der Waals surface area contributed by atoms with E-state index in [9.17, 15) is 9.59 Å². The van der Waals surface area contributed by atoms with Crippen LogP contribution in [0.2, 0.25) is 0 Å². The van der Waals surface area contributed by atoms with Crippen molar-refractivity contribution in [3.8, 4) is 5.75 Å². The van der Waals surface area contributed by atoms with Gasteiger partial charge in [0.2, 0.25) is 11.8 Å². The maximum absolute atomic E-state index is 12.6. The molecule has 0 radical (unpaired) electrons. The van der Waals surface area contributed by atoms with Gasteiger partial charge in [0.1, 0.15) is 5.75 Å².